The number of aliphatic hydroxyl groups excluding tert-OH is 1. The molecule has 31 heavy (non-hydrogen) atoms. The fourth-order valence-electron chi connectivity index (χ4n) is 3.86. The average molecular weight is 453 g/mol. The number of carbonyl (C=O) groups excluding carboxylic acids is 1. The van der Waals surface area contributed by atoms with Gasteiger partial charge in [0.05, 0.1) is 37.9 Å². The molecule has 1 saturated heterocycles. The summed E-state index contributed by atoms with van der Waals surface area (Å²) < 4.78 is 10.5. The molecule has 2 aromatic heterocycles. The van der Waals surface area contributed by atoms with Crippen molar-refractivity contribution in [2.45, 2.75) is 39.8 Å². The maximum Gasteiger partial charge on any atom is 0.348 e. The summed E-state index contributed by atoms with van der Waals surface area (Å²) in [7, 11) is 0. The zero-order chi connectivity index (χ0) is 22.4. The number of nitrogens with one attached hydrogen (secondary N) is 1. The lowest BCUT2D eigenvalue weighted by Crippen LogP contribution is -2.44. The van der Waals surface area contributed by atoms with Crippen molar-refractivity contribution in [2.75, 3.05) is 52.5 Å². The first-order chi connectivity index (χ1) is 14.9. The van der Waals surface area contributed by atoms with Gasteiger partial charge in [-0.1, -0.05) is 6.92 Å². The van der Waals surface area contributed by atoms with Gasteiger partial charge in [0, 0.05) is 26.2 Å². The van der Waals surface area contributed by atoms with Crippen LogP contribution in [-0.4, -0.2) is 89.5 Å². The van der Waals surface area contributed by atoms with E-state index in [1.54, 1.807) is 13.8 Å². The molecule has 0 spiro atoms. The Bertz CT molecular complexity index is 938. The van der Waals surface area contributed by atoms with Gasteiger partial charge in [0.2, 0.25) is 0 Å². The van der Waals surface area contributed by atoms with E-state index >= 15 is 0 Å². The minimum Gasteiger partial charge on any atom is -0.462 e. The Morgan fingerprint density at radius 3 is 2.81 bits per heavy atom. The highest BCUT2D eigenvalue weighted by Crippen LogP contribution is 2.27. The number of fused-ring (bicyclic) bond motifs is 1. The molecule has 1 aliphatic rings. The monoisotopic (exact) mass is 452 g/mol. The van der Waals surface area contributed by atoms with Gasteiger partial charge in [-0.25, -0.2) is 9.78 Å². The number of hydrogen-bond donors (Lipinski definition) is 2. The fourth-order valence-corrected chi connectivity index (χ4v) is 4.95. The number of rotatable bonds is 10. The van der Waals surface area contributed by atoms with Crippen molar-refractivity contribution in [3.05, 3.63) is 26.6 Å². The number of ether oxygens (including phenoxy) is 2. The average Bonchev–Trinajstić information content (AvgIpc) is 3.06. The van der Waals surface area contributed by atoms with Gasteiger partial charge in [0.25, 0.3) is 5.56 Å². The number of aliphatic hydroxyl groups is 1. The second-order valence-electron chi connectivity index (χ2n) is 7.77. The number of aryl methyl sites for hydroxylation is 1. The fraction of sp³-hybridized carbons (Fsp3) is 0.667. The van der Waals surface area contributed by atoms with Crippen LogP contribution in [0.4, 0.5) is 0 Å². The Kier molecular flexibility index (Phi) is 8.56. The van der Waals surface area contributed by atoms with E-state index in [4.69, 9.17) is 9.47 Å². The maximum absolute atomic E-state index is 12.7. The molecule has 0 aromatic carbocycles. The molecule has 10 heteroatoms. The Morgan fingerprint density at radius 2 is 2.13 bits per heavy atom. The van der Waals surface area contributed by atoms with E-state index in [1.165, 1.54) is 11.3 Å². The van der Waals surface area contributed by atoms with Gasteiger partial charge in [0.15, 0.2) is 0 Å². The Hall–Kier alpha value is -1.85. The summed E-state index contributed by atoms with van der Waals surface area (Å²) in [6.45, 7) is 11.2. The molecule has 0 saturated carbocycles. The number of H-pyrrole nitrogens is 1. The van der Waals surface area contributed by atoms with Crippen molar-refractivity contribution < 1.29 is 19.4 Å². The highest BCUT2D eigenvalue weighted by atomic mass is 32.1. The molecule has 0 bridgehead atoms. The SMILES string of the molecule is CCCN(Cc1nc2sc(C(=O)OCC)c(C)c2c(=O)[nH]1)C[C@@H](O)CN1CCOCC1. The van der Waals surface area contributed by atoms with Crippen molar-refractivity contribution in [3.8, 4) is 0 Å². The lowest BCUT2D eigenvalue weighted by atomic mass is 10.2. The Morgan fingerprint density at radius 1 is 1.39 bits per heavy atom. The van der Waals surface area contributed by atoms with Crippen LogP contribution in [0.5, 0.6) is 0 Å². The van der Waals surface area contributed by atoms with E-state index in [1.807, 2.05) is 0 Å². The number of carbonyl (C=O) groups is 1. The van der Waals surface area contributed by atoms with Crippen LogP contribution in [0, 0.1) is 6.92 Å². The van der Waals surface area contributed by atoms with Crippen LogP contribution in [-0.2, 0) is 16.0 Å². The number of hydrogen-bond acceptors (Lipinski definition) is 9. The minimum absolute atomic E-state index is 0.255. The second-order valence-corrected chi connectivity index (χ2v) is 8.77. The van der Waals surface area contributed by atoms with Crippen molar-refractivity contribution in [1.82, 2.24) is 19.8 Å². The van der Waals surface area contributed by atoms with Gasteiger partial charge in [-0.15, -0.1) is 11.3 Å². The molecular formula is C21H32N4O5S. The van der Waals surface area contributed by atoms with E-state index in [0.29, 0.717) is 59.3 Å². The van der Waals surface area contributed by atoms with Gasteiger partial charge >= 0.3 is 5.97 Å². The molecule has 1 fully saturated rings. The molecule has 0 amide bonds. The predicted molar refractivity (Wildman–Crippen MR) is 120 cm³/mol. The first-order valence-electron chi connectivity index (χ1n) is 10.8. The lowest BCUT2D eigenvalue weighted by molar-refractivity contribution is 0.00610. The molecule has 1 atom stereocenters. The predicted octanol–water partition coefficient (Wildman–Crippen LogP) is 1.37. The number of morpholine rings is 1. The largest absolute Gasteiger partial charge is 0.462 e. The summed E-state index contributed by atoms with van der Waals surface area (Å²) in [6, 6.07) is 0. The molecule has 9 nitrogen and oxygen atoms in total. The van der Waals surface area contributed by atoms with Gasteiger partial charge < -0.3 is 19.6 Å². The summed E-state index contributed by atoms with van der Waals surface area (Å²) in [5.41, 5.74) is 0.347. The van der Waals surface area contributed by atoms with Crippen molar-refractivity contribution in [3.63, 3.8) is 0 Å². The number of esters is 1. The molecule has 172 valence electrons. The van der Waals surface area contributed by atoms with Crippen molar-refractivity contribution in [2.24, 2.45) is 0 Å². The summed E-state index contributed by atoms with van der Waals surface area (Å²) >= 11 is 1.19. The van der Waals surface area contributed by atoms with Crippen LogP contribution in [0.2, 0.25) is 0 Å². The van der Waals surface area contributed by atoms with Crippen LogP contribution in [0.15, 0.2) is 4.79 Å². The van der Waals surface area contributed by atoms with Crippen LogP contribution >= 0.6 is 11.3 Å². The highest BCUT2D eigenvalue weighted by molar-refractivity contribution is 7.20. The van der Waals surface area contributed by atoms with E-state index in [-0.39, 0.29) is 12.2 Å². The van der Waals surface area contributed by atoms with E-state index in [0.717, 1.165) is 26.1 Å². The third kappa shape index (κ3) is 6.11. The quantitative estimate of drug-likeness (QED) is 0.521. The molecule has 0 radical (unpaired) electrons. The normalized spacial score (nSPS) is 16.2. The smallest absolute Gasteiger partial charge is 0.348 e. The minimum atomic E-state index is -0.500. The second kappa shape index (κ2) is 11.1. The molecule has 1 aliphatic heterocycles. The number of nitrogens with zero attached hydrogens (tertiary/aromatic N) is 3. The molecular weight excluding hydrogens is 420 g/mol. The van der Waals surface area contributed by atoms with Gasteiger partial charge in [-0.05, 0) is 32.4 Å². The molecule has 2 N–H and O–H groups in total. The number of aromatic nitrogens is 2. The highest BCUT2D eigenvalue weighted by Gasteiger charge is 2.22. The maximum atomic E-state index is 12.7. The van der Waals surface area contributed by atoms with Crippen LogP contribution in [0.1, 0.15) is 41.3 Å². The summed E-state index contributed by atoms with van der Waals surface area (Å²) in [6.07, 6.45) is 0.418. The first kappa shape index (κ1) is 23.8. The summed E-state index contributed by atoms with van der Waals surface area (Å²) in [5.74, 6) is 0.101. The topological polar surface area (TPSA) is 108 Å². The third-order valence-corrected chi connectivity index (χ3v) is 6.43. The number of β-amino-alcohol motifs (C(OH)–C–C–N with tert-alkyl or cyclic N) is 1. The molecule has 3 heterocycles. The Labute approximate surface area is 186 Å². The van der Waals surface area contributed by atoms with Gasteiger partial charge in [0.1, 0.15) is 15.5 Å². The van der Waals surface area contributed by atoms with Crippen LogP contribution in [0.25, 0.3) is 10.2 Å². The van der Waals surface area contributed by atoms with Gasteiger partial charge in [-0.3, -0.25) is 14.6 Å². The summed E-state index contributed by atoms with van der Waals surface area (Å²) in [5, 5.41) is 11.0. The number of thiophene rings is 1. The molecule has 0 aliphatic carbocycles. The summed E-state index contributed by atoms with van der Waals surface area (Å²) in [4.78, 5) is 37.6. The lowest BCUT2D eigenvalue weighted by Gasteiger charge is -2.31. The van der Waals surface area contributed by atoms with Crippen molar-refractivity contribution >= 4 is 27.5 Å². The van der Waals surface area contributed by atoms with Crippen LogP contribution in [0.3, 0.4) is 0 Å². The molecule has 2 aromatic rings. The zero-order valence-corrected chi connectivity index (χ0v) is 19.3. The Balaban J connectivity index is 1.74. The van der Waals surface area contributed by atoms with E-state index in [9.17, 15) is 14.7 Å². The molecule has 0 unspecified atom stereocenters. The number of aromatic amines is 1. The zero-order valence-electron chi connectivity index (χ0n) is 18.5. The van der Waals surface area contributed by atoms with Gasteiger partial charge in [-0.2, -0.15) is 0 Å². The van der Waals surface area contributed by atoms with E-state index in [2.05, 4.69) is 26.7 Å². The standard InChI is InChI=1S/C21H32N4O5S/c1-4-6-25(12-15(26)11-24-7-9-29-10-8-24)13-16-22-19(27)17-14(3)18(21(28)30-5-2)31-20(17)23-16/h15,26H,4-13H2,1-3H3,(H,22,23,27)/t15-/m0/s1. The van der Waals surface area contributed by atoms with Crippen molar-refractivity contribution in [1.29, 1.82) is 0 Å². The molecule has 3 rings (SSSR count). The van der Waals surface area contributed by atoms with Crippen LogP contribution < -0.4 is 5.56 Å². The van der Waals surface area contributed by atoms with E-state index < -0.39 is 12.1 Å². The first-order valence-corrected chi connectivity index (χ1v) is 11.6. The third-order valence-electron chi connectivity index (χ3n) is 5.27.